The van der Waals surface area contributed by atoms with Gasteiger partial charge in [-0.2, -0.15) is 0 Å². The van der Waals surface area contributed by atoms with Crippen molar-refractivity contribution in [3.8, 4) is 17.3 Å². The van der Waals surface area contributed by atoms with Crippen LogP contribution in [0, 0.1) is 6.92 Å². The molecule has 0 saturated carbocycles. The first-order valence-corrected chi connectivity index (χ1v) is 7.64. The Morgan fingerprint density at radius 2 is 1.74 bits per heavy atom. The molecule has 0 unspecified atom stereocenters. The first-order valence-electron chi connectivity index (χ1n) is 7.64. The van der Waals surface area contributed by atoms with Gasteiger partial charge < -0.3 is 14.1 Å². The van der Waals surface area contributed by atoms with Crippen LogP contribution in [0.4, 0.5) is 0 Å². The highest BCUT2D eigenvalue weighted by atomic mass is 16.5. The zero-order valence-corrected chi connectivity index (χ0v) is 12.9. The summed E-state index contributed by atoms with van der Waals surface area (Å²) in [7, 11) is 0. The molecule has 0 aliphatic heterocycles. The van der Waals surface area contributed by atoms with Gasteiger partial charge in [-0.25, -0.2) is 0 Å². The van der Waals surface area contributed by atoms with Gasteiger partial charge in [0.2, 0.25) is 0 Å². The number of nitrogens with zero attached hydrogens (tertiary/aromatic N) is 1. The Kier molecular flexibility index (Phi) is 3.19. The summed E-state index contributed by atoms with van der Waals surface area (Å²) in [5.74, 6) is 0.683. The van der Waals surface area contributed by atoms with Gasteiger partial charge in [-0.1, -0.05) is 48.5 Å². The van der Waals surface area contributed by atoms with E-state index < -0.39 is 0 Å². The number of aryl methyl sites for hydroxylation is 1. The smallest absolute Gasteiger partial charge is 0.282 e. The molecule has 0 aliphatic rings. The number of aromatic nitrogens is 1. The van der Waals surface area contributed by atoms with Crippen LogP contribution in [0.3, 0.4) is 0 Å². The first-order chi connectivity index (χ1) is 11.2. The third kappa shape index (κ3) is 2.40. The van der Waals surface area contributed by atoms with E-state index >= 15 is 0 Å². The highest BCUT2D eigenvalue weighted by Gasteiger charge is 2.16. The molecule has 0 spiro atoms. The van der Waals surface area contributed by atoms with Gasteiger partial charge in [0.25, 0.3) is 5.95 Å². The summed E-state index contributed by atoms with van der Waals surface area (Å²) in [5.41, 5.74) is 4.35. The number of aromatic hydroxyl groups is 1. The van der Waals surface area contributed by atoms with Gasteiger partial charge in [-0.15, -0.1) is 0 Å². The predicted molar refractivity (Wildman–Crippen MR) is 91.6 cm³/mol. The molecule has 2 aromatic heterocycles. The van der Waals surface area contributed by atoms with E-state index in [4.69, 9.17) is 4.42 Å². The van der Waals surface area contributed by atoms with E-state index in [2.05, 4.69) is 47.2 Å². The van der Waals surface area contributed by atoms with Crippen molar-refractivity contribution >= 4 is 10.9 Å². The number of para-hydroxylation sites is 1. The molecule has 4 aromatic rings. The molecular formula is C20H17NO2. The van der Waals surface area contributed by atoms with Crippen LogP contribution < -0.4 is 0 Å². The number of hydrogen-bond acceptors (Lipinski definition) is 2. The van der Waals surface area contributed by atoms with Crippen molar-refractivity contribution in [3.63, 3.8) is 0 Å². The summed E-state index contributed by atoms with van der Waals surface area (Å²) in [5, 5.41) is 10.8. The molecule has 0 radical (unpaired) electrons. The molecule has 0 saturated heterocycles. The quantitative estimate of drug-likeness (QED) is 0.580. The summed E-state index contributed by atoms with van der Waals surface area (Å²) < 4.78 is 7.74. The van der Waals surface area contributed by atoms with E-state index in [1.165, 1.54) is 5.56 Å². The fourth-order valence-corrected chi connectivity index (χ4v) is 3.07. The zero-order chi connectivity index (χ0) is 15.8. The SMILES string of the molecule is Cc1cc(O)oc1-c1cn(Cc2ccccc2)c2ccccc12. The minimum atomic E-state index is -0.0441. The first kappa shape index (κ1) is 13.7. The van der Waals surface area contributed by atoms with E-state index in [9.17, 15) is 5.11 Å². The second kappa shape index (κ2) is 5.36. The number of rotatable bonds is 3. The minimum absolute atomic E-state index is 0.0441. The van der Waals surface area contributed by atoms with E-state index in [1.807, 2.05) is 25.1 Å². The van der Waals surface area contributed by atoms with Crippen LogP contribution in [0.25, 0.3) is 22.2 Å². The lowest BCUT2D eigenvalue weighted by Crippen LogP contribution is -1.97. The normalized spacial score (nSPS) is 11.2. The van der Waals surface area contributed by atoms with Gasteiger partial charge in [0, 0.05) is 35.3 Å². The third-order valence-electron chi connectivity index (χ3n) is 4.13. The summed E-state index contributed by atoms with van der Waals surface area (Å²) in [6, 6.07) is 20.3. The predicted octanol–water partition coefficient (Wildman–Crippen LogP) is 4.96. The summed E-state index contributed by atoms with van der Waals surface area (Å²) in [4.78, 5) is 0. The Labute approximate surface area is 134 Å². The van der Waals surface area contributed by atoms with Crippen molar-refractivity contribution in [2.75, 3.05) is 0 Å². The number of fused-ring (bicyclic) bond motifs is 1. The van der Waals surface area contributed by atoms with Crippen molar-refractivity contribution in [3.05, 3.63) is 78.0 Å². The average Bonchev–Trinajstić information content (AvgIpc) is 3.08. The fourth-order valence-electron chi connectivity index (χ4n) is 3.07. The summed E-state index contributed by atoms with van der Waals surface area (Å²) >= 11 is 0. The highest BCUT2D eigenvalue weighted by Crippen LogP contribution is 2.36. The largest absolute Gasteiger partial charge is 0.481 e. The lowest BCUT2D eigenvalue weighted by molar-refractivity contribution is 0.338. The summed E-state index contributed by atoms with van der Waals surface area (Å²) in [6.45, 7) is 2.74. The maximum atomic E-state index is 9.64. The molecule has 0 aliphatic carbocycles. The molecule has 1 N–H and O–H groups in total. The molecule has 0 amide bonds. The maximum Gasteiger partial charge on any atom is 0.282 e. The van der Waals surface area contributed by atoms with Crippen molar-refractivity contribution in [2.45, 2.75) is 13.5 Å². The van der Waals surface area contributed by atoms with Gasteiger partial charge in [0.15, 0.2) is 0 Å². The highest BCUT2D eigenvalue weighted by molar-refractivity contribution is 5.95. The summed E-state index contributed by atoms with van der Waals surface area (Å²) in [6.07, 6.45) is 2.10. The molecule has 3 heteroatoms. The fraction of sp³-hybridized carbons (Fsp3) is 0.100. The van der Waals surface area contributed by atoms with E-state index in [0.717, 1.165) is 34.3 Å². The monoisotopic (exact) mass is 303 g/mol. The van der Waals surface area contributed by atoms with Gasteiger partial charge in [0.05, 0.1) is 0 Å². The second-order valence-corrected chi connectivity index (χ2v) is 5.77. The van der Waals surface area contributed by atoms with Crippen LogP contribution in [-0.2, 0) is 6.54 Å². The molecule has 23 heavy (non-hydrogen) atoms. The molecule has 0 fully saturated rings. The molecule has 4 rings (SSSR count). The lowest BCUT2D eigenvalue weighted by atomic mass is 10.1. The Balaban J connectivity index is 1.88. The Morgan fingerprint density at radius 3 is 2.48 bits per heavy atom. The number of furan rings is 1. The van der Waals surface area contributed by atoms with Crippen LogP contribution in [-0.4, -0.2) is 9.67 Å². The lowest BCUT2D eigenvalue weighted by Gasteiger charge is -2.05. The van der Waals surface area contributed by atoms with Crippen molar-refractivity contribution < 1.29 is 9.52 Å². The average molecular weight is 303 g/mol. The van der Waals surface area contributed by atoms with Crippen molar-refractivity contribution in [1.82, 2.24) is 4.57 Å². The molecule has 2 aromatic carbocycles. The van der Waals surface area contributed by atoms with Crippen molar-refractivity contribution in [2.24, 2.45) is 0 Å². The maximum absolute atomic E-state index is 9.64. The van der Waals surface area contributed by atoms with Crippen molar-refractivity contribution in [1.29, 1.82) is 0 Å². The third-order valence-corrected chi connectivity index (χ3v) is 4.13. The van der Waals surface area contributed by atoms with E-state index in [-0.39, 0.29) is 5.95 Å². The standard InChI is InChI=1S/C20H17NO2/c1-14-11-19(22)23-20(14)17-13-21(12-15-7-3-2-4-8-15)18-10-6-5-9-16(17)18/h2-11,13,22H,12H2,1H3. The van der Waals surface area contributed by atoms with Crippen LogP contribution in [0.5, 0.6) is 5.95 Å². The van der Waals surface area contributed by atoms with Crippen LogP contribution in [0.15, 0.2) is 71.3 Å². The van der Waals surface area contributed by atoms with Gasteiger partial charge >= 0.3 is 0 Å². The molecule has 3 nitrogen and oxygen atoms in total. The zero-order valence-electron chi connectivity index (χ0n) is 12.9. The topological polar surface area (TPSA) is 38.3 Å². The second-order valence-electron chi connectivity index (χ2n) is 5.77. The van der Waals surface area contributed by atoms with Crippen LogP contribution in [0.2, 0.25) is 0 Å². The number of hydrogen-bond donors (Lipinski definition) is 1. The molecule has 2 heterocycles. The minimum Gasteiger partial charge on any atom is -0.481 e. The van der Waals surface area contributed by atoms with Gasteiger partial charge in [-0.3, -0.25) is 0 Å². The molecular weight excluding hydrogens is 286 g/mol. The number of benzene rings is 2. The molecule has 114 valence electrons. The molecule has 0 atom stereocenters. The van der Waals surface area contributed by atoms with Crippen LogP contribution in [0.1, 0.15) is 11.1 Å². The van der Waals surface area contributed by atoms with Gasteiger partial charge in [0.1, 0.15) is 5.76 Å². The Hall–Kier alpha value is -2.94. The van der Waals surface area contributed by atoms with Gasteiger partial charge in [-0.05, 0) is 24.1 Å². The molecule has 0 bridgehead atoms. The Morgan fingerprint density at radius 1 is 1.00 bits per heavy atom. The van der Waals surface area contributed by atoms with Crippen LogP contribution >= 0.6 is 0 Å². The Bertz CT molecular complexity index is 964. The van der Waals surface area contributed by atoms with E-state index in [1.54, 1.807) is 6.07 Å². The van der Waals surface area contributed by atoms with E-state index in [0.29, 0.717) is 0 Å².